The molecule has 2 aliphatic heterocycles. The van der Waals surface area contributed by atoms with Gasteiger partial charge in [0.15, 0.2) is 5.96 Å². The fourth-order valence-corrected chi connectivity index (χ4v) is 9.02. The maximum Gasteiger partial charge on any atom is 0.245 e. The number of piperazine rings is 1. The Morgan fingerprint density at radius 2 is 1.52 bits per heavy atom. The van der Waals surface area contributed by atoms with Crippen molar-refractivity contribution in [2.75, 3.05) is 33.2 Å². The van der Waals surface area contributed by atoms with Crippen LogP contribution in [0.5, 0.6) is 0 Å². The lowest BCUT2D eigenvalue weighted by atomic mass is 9.84. The highest BCUT2D eigenvalue weighted by Crippen LogP contribution is 2.29. The van der Waals surface area contributed by atoms with Crippen molar-refractivity contribution in [3.63, 3.8) is 0 Å². The Morgan fingerprint density at radius 1 is 0.833 bits per heavy atom. The van der Waals surface area contributed by atoms with Crippen LogP contribution in [0.25, 0.3) is 0 Å². The first-order valence-electron chi connectivity index (χ1n) is 22.1. The topological polar surface area (TPSA) is 228 Å². The number of unbranched alkanes of at least 4 members (excludes halogenated alkanes) is 1. The van der Waals surface area contributed by atoms with E-state index in [9.17, 15) is 24.0 Å². The summed E-state index contributed by atoms with van der Waals surface area (Å²) in [4.78, 5) is 74.7. The number of amides is 5. The molecule has 1 saturated carbocycles. The fourth-order valence-electron chi connectivity index (χ4n) is 9.02. The van der Waals surface area contributed by atoms with Gasteiger partial charge in [0.1, 0.15) is 24.2 Å². The van der Waals surface area contributed by atoms with Gasteiger partial charge in [0, 0.05) is 32.1 Å². The summed E-state index contributed by atoms with van der Waals surface area (Å²) in [5.41, 5.74) is 13.2. The molecular weight excluding hydrogens is 761 g/mol. The fraction of sp³-hybridized carbons (Fsp3) is 0.600. The van der Waals surface area contributed by atoms with E-state index in [0.29, 0.717) is 83.8 Å². The van der Waals surface area contributed by atoms with Crippen molar-refractivity contribution < 1.29 is 24.0 Å². The highest BCUT2D eigenvalue weighted by molar-refractivity contribution is 5.96. The molecule has 0 unspecified atom stereocenters. The number of hydrogen-bond acceptors (Lipinski definition) is 8. The molecule has 2 saturated heterocycles. The SMILES string of the molecule is CN[C@@H](Cc1ccccc1)C(=O)N[C@@H](CCCCN)C(=O)N1CCC[C@H]1C(=O)N[C@@H](CC1CCCCC1)C(=O)N1C[C@@H](CCCNC(=N)N)NC(=O)[C@H]1Cc1ccccc1. The minimum atomic E-state index is -0.892. The Balaban J connectivity index is 1.35. The monoisotopic (exact) mass is 829 g/mol. The molecule has 5 amide bonds. The third-order valence-electron chi connectivity index (χ3n) is 12.3. The summed E-state index contributed by atoms with van der Waals surface area (Å²) in [6.07, 6.45) is 10.3. The number of likely N-dealkylation sites (tertiary alicyclic amines) is 1. The molecule has 15 nitrogen and oxygen atoms in total. The molecule has 328 valence electrons. The number of carbonyl (C=O) groups excluding carboxylic acids is 5. The first-order chi connectivity index (χ1) is 29.1. The van der Waals surface area contributed by atoms with E-state index < -0.39 is 36.1 Å². The van der Waals surface area contributed by atoms with Crippen LogP contribution in [0.4, 0.5) is 0 Å². The van der Waals surface area contributed by atoms with E-state index in [1.165, 1.54) is 0 Å². The molecule has 5 rings (SSSR count). The van der Waals surface area contributed by atoms with Gasteiger partial charge in [-0.3, -0.25) is 29.4 Å². The highest BCUT2D eigenvalue weighted by atomic mass is 16.2. The average molecular weight is 829 g/mol. The average Bonchev–Trinajstić information content (AvgIpc) is 3.76. The lowest BCUT2D eigenvalue weighted by Gasteiger charge is -2.42. The number of benzene rings is 2. The Hall–Kier alpha value is -5.02. The van der Waals surface area contributed by atoms with Gasteiger partial charge in [0.2, 0.25) is 29.5 Å². The van der Waals surface area contributed by atoms with E-state index in [4.69, 9.17) is 16.9 Å². The van der Waals surface area contributed by atoms with Gasteiger partial charge < -0.3 is 47.9 Å². The second kappa shape index (κ2) is 23.7. The maximum absolute atomic E-state index is 15.0. The van der Waals surface area contributed by atoms with Gasteiger partial charge in [-0.05, 0) is 88.4 Å². The number of hydrogen-bond donors (Lipinski definition) is 8. The Morgan fingerprint density at radius 3 is 2.18 bits per heavy atom. The molecule has 0 spiro atoms. The van der Waals surface area contributed by atoms with E-state index in [1.54, 1.807) is 16.8 Å². The van der Waals surface area contributed by atoms with Crippen molar-refractivity contribution in [3.8, 4) is 0 Å². The number of nitrogens with one attached hydrogen (secondary N) is 6. The minimum Gasteiger partial charge on any atom is -0.370 e. The van der Waals surface area contributed by atoms with E-state index in [2.05, 4.69) is 26.6 Å². The number of guanidine groups is 1. The predicted molar refractivity (Wildman–Crippen MR) is 232 cm³/mol. The van der Waals surface area contributed by atoms with Crippen LogP contribution in [0.3, 0.4) is 0 Å². The molecule has 10 N–H and O–H groups in total. The van der Waals surface area contributed by atoms with Gasteiger partial charge in [-0.15, -0.1) is 0 Å². The summed E-state index contributed by atoms with van der Waals surface area (Å²) in [5, 5.41) is 22.7. The zero-order valence-electron chi connectivity index (χ0n) is 35.3. The summed E-state index contributed by atoms with van der Waals surface area (Å²) in [6.45, 7) is 1.54. The second-order valence-electron chi connectivity index (χ2n) is 16.8. The standard InChI is InChI=1S/C45H68N10O5/c1-49-36(27-31-15-5-2-6-16-31)40(56)52-35(22-11-12-24-46)43(59)54-26-14-23-38(54)41(57)53-37(28-32-17-7-3-8-18-32)44(60)55-30-34(21-13-25-50-45(47)48)51-42(58)39(55)29-33-19-9-4-10-20-33/h2,4-6,9-10,15-16,19-20,32,34-39,49H,3,7-8,11-14,17-18,21-30,46H2,1H3,(H,51,58)(H,52,56)(H,53,57)(H4,47,48,50)/t34-,35+,36+,37+,38+,39-/m1/s1. The first-order valence-corrected chi connectivity index (χ1v) is 22.1. The van der Waals surface area contributed by atoms with Gasteiger partial charge in [0.05, 0.1) is 6.04 Å². The van der Waals surface area contributed by atoms with Gasteiger partial charge in [-0.1, -0.05) is 92.8 Å². The van der Waals surface area contributed by atoms with Crippen LogP contribution in [0.15, 0.2) is 60.7 Å². The van der Waals surface area contributed by atoms with Crippen LogP contribution in [-0.2, 0) is 36.8 Å². The summed E-state index contributed by atoms with van der Waals surface area (Å²) in [5.74, 6) is -1.45. The van der Waals surface area contributed by atoms with Crippen molar-refractivity contribution in [1.29, 1.82) is 5.41 Å². The van der Waals surface area contributed by atoms with Gasteiger partial charge in [-0.2, -0.15) is 0 Å². The third kappa shape index (κ3) is 13.5. The lowest BCUT2D eigenvalue weighted by molar-refractivity contribution is -0.148. The van der Waals surface area contributed by atoms with Crippen LogP contribution in [0.2, 0.25) is 0 Å². The lowest BCUT2D eigenvalue weighted by Crippen LogP contribution is -2.65. The van der Waals surface area contributed by atoms with E-state index >= 15 is 0 Å². The van der Waals surface area contributed by atoms with E-state index in [-0.39, 0.29) is 48.1 Å². The number of likely N-dealkylation sites (N-methyl/N-ethyl adjacent to an activating group) is 1. The zero-order chi connectivity index (χ0) is 42.9. The molecule has 0 bridgehead atoms. The summed E-state index contributed by atoms with van der Waals surface area (Å²) in [6, 6.07) is 15.1. The minimum absolute atomic E-state index is 0.126. The highest BCUT2D eigenvalue weighted by Gasteiger charge is 2.43. The van der Waals surface area contributed by atoms with Crippen LogP contribution < -0.4 is 38.1 Å². The largest absolute Gasteiger partial charge is 0.370 e. The first kappa shape index (κ1) is 46.1. The molecule has 15 heteroatoms. The number of carbonyl (C=O) groups is 5. The summed E-state index contributed by atoms with van der Waals surface area (Å²) in [7, 11) is 1.72. The maximum atomic E-state index is 15.0. The van der Waals surface area contributed by atoms with Crippen LogP contribution in [-0.4, -0.2) is 115 Å². The molecule has 60 heavy (non-hydrogen) atoms. The van der Waals surface area contributed by atoms with Crippen molar-refractivity contribution in [1.82, 2.24) is 36.4 Å². The van der Waals surface area contributed by atoms with Crippen molar-refractivity contribution in [2.24, 2.45) is 17.4 Å². The van der Waals surface area contributed by atoms with Crippen molar-refractivity contribution in [3.05, 3.63) is 71.8 Å². The number of nitrogens with zero attached hydrogens (tertiary/aromatic N) is 2. The Kier molecular flexibility index (Phi) is 18.2. The summed E-state index contributed by atoms with van der Waals surface area (Å²) < 4.78 is 0. The van der Waals surface area contributed by atoms with Crippen LogP contribution in [0, 0.1) is 11.3 Å². The van der Waals surface area contributed by atoms with E-state index in [1.807, 2.05) is 60.7 Å². The van der Waals surface area contributed by atoms with Gasteiger partial charge >= 0.3 is 0 Å². The van der Waals surface area contributed by atoms with Gasteiger partial charge in [-0.25, -0.2) is 0 Å². The van der Waals surface area contributed by atoms with Gasteiger partial charge in [0.25, 0.3) is 0 Å². The van der Waals surface area contributed by atoms with Crippen LogP contribution >= 0.6 is 0 Å². The van der Waals surface area contributed by atoms with Crippen molar-refractivity contribution >= 4 is 35.5 Å². The molecule has 3 fully saturated rings. The normalized spacial score (nSPS) is 21.0. The summed E-state index contributed by atoms with van der Waals surface area (Å²) >= 11 is 0. The molecule has 2 aromatic carbocycles. The molecule has 6 atom stereocenters. The number of rotatable bonds is 21. The molecule has 3 aliphatic rings. The zero-order valence-corrected chi connectivity index (χ0v) is 35.3. The molecule has 1 aliphatic carbocycles. The van der Waals surface area contributed by atoms with E-state index in [0.717, 1.165) is 43.2 Å². The molecule has 0 aromatic heterocycles. The van der Waals surface area contributed by atoms with Crippen LogP contribution in [0.1, 0.15) is 94.6 Å². The molecule has 2 heterocycles. The molecule has 0 radical (unpaired) electrons. The number of nitrogens with two attached hydrogens (primary N) is 2. The Labute approximate surface area is 355 Å². The molecule has 2 aromatic rings. The quantitative estimate of drug-likeness (QED) is 0.0523. The van der Waals surface area contributed by atoms with Crippen molar-refractivity contribution in [2.45, 2.75) is 133 Å². The smallest absolute Gasteiger partial charge is 0.245 e. The molecular formula is C45H68N10O5. The Bertz CT molecular complexity index is 1710. The second-order valence-corrected chi connectivity index (χ2v) is 16.8. The third-order valence-corrected chi connectivity index (χ3v) is 12.3. The predicted octanol–water partition coefficient (Wildman–Crippen LogP) is 2.08.